The normalized spacial score (nSPS) is 10.1. The van der Waals surface area contributed by atoms with Crippen LogP contribution in [-0.2, 0) is 0 Å². The summed E-state index contributed by atoms with van der Waals surface area (Å²) in [5.41, 5.74) is 0.589. The third kappa shape index (κ3) is 3.17. The average Bonchev–Trinajstić information content (AvgIpc) is 2.47. The van der Waals surface area contributed by atoms with Crippen LogP contribution in [0.1, 0.15) is 17.3 Å². The molecule has 0 amide bonds. The van der Waals surface area contributed by atoms with E-state index in [4.69, 9.17) is 9.84 Å². The monoisotopic (exact) mass is 287 g/mol. The molecular weight excluding hydrogens is 274 g/mol. The quantitative estimate of drug-likeness (QED) is 0.672. The van der Waals surface area contributed by atoms with Crippen LogP contribution in [0.25, 0.3) is 11.1 Å². The molecule has 1 N–H and O–H groups in total. The summed E-state index contributed by atoms with van der Waals surface area (Å²) in [7, 11) is 0. The largest absolute Gasteiger partial charge is 0.494 e. The average molecular weight is 287 g/mol. The van der Waals surface area contributed by atoms with Gasteiger partial charge in [0, 0.05) is 6.07 Å². The molecule has 0 fully saturated rings. The molecule has 2 rings (SSSR count). The first-order valence-corrected chi connectivity index (χ1v) is 6.28. The van der Waals surface area contributed by atoms with Crippen molar-refractivity contribution >= 4 is 11.7 Å². The summed E-state index contributed by atoms with van der Waals surface area (Å²) in [4.78, 5) is 21.5. The lowest BCUT2D eigenvalue weighted by atomic mass is 10.0. The van der Waals surface area contributed by atoms with Gasteiger partial charge in [-0.2, -0.15) is 0 Å². The Morgan fingerprint density at radius 2 is 2.05 bits per heavy atom. The first-order chi connectivity index (χ1) is 10.0. The van der Waals surface area contributed by atoms with E-state index in [0.717, 1.165) is 6.07 Å². The van der Waals surface area contributed by atoms with Crippen LogP contribution in [0.4, 0.5) is 5.69 Å². The molecule has 6 heteroatoms. The van der Waals surface area contributed by atoms with E-state index >= 15 is 0 Å². The van der Waals surface area contributed by atoms with Crippen molar-refractivity contribution < 1.29 is 19.6 Å². The Labute approximate surface area is 120 Å². The lowest BCUT2D eigenvalue weighted by molar-refractivity contribution is -0.384. The standard InChI is InChI=1S/C15H13NO5/c1-2-21-12-5-3-4-10(8-12)13-7-6-11(15(17)18)9-14(13)16(19)20/h3-9H,2H2,1H3,(H,17,18). The second-order valence-electron chi connectivity index (χ2n) is 4.26. The Kier molecular flexibility index (Phi) is 4.18. The highest BCUT2D eigenvalue weighted by molar-refractivity contribution is 5.90. The van der Waals surface area contributed by atoms with Crippen LogP contribution < -0.4 is 4.74 Å². The highest BCUT2D eigenvalue weighted by Crippen LogP contribution is 2.32. The number of nitro benzene ring substituents is 1. The lowest BCUT2D eigenvalue weighted by Crippen LogP contribution is -2.00. The predicted octanol–water partition coefficient (Wildman–Crippen LogP) is 3.36. The predicted molar refractivity (Wildman–Crippen MR) is 76.7 cm³/mol. The van der Waals surface area contributed by atoms with Crippen LogP contribution >= 0.6 is 0 Å². The topological polar surface area (TPSA) is 89.7 Å². The summed E-state index contributed by atoms with van der Waals surface area (Å²) in [5.74, 6) is -0.598. The van der Waals surface area contributed by atoms with Crippen molar-refractivity contribution in [2.75, 3.05) is 6.61 Å². The van der Waals surface area contributed by atoms with E-state index < -0.39 is 10.9 Å². The molecule has 0 saturated carbocycles. The molecule has 0 aliphatic rings. The fourth-order valence-electron chi connectivity index (χ4n) is 1.98. The Bertz CT molecular complexity index is 696. The minimum Gasteiger partial charge on any atom is -0.494 e. The maximum absolute atomic E-state index is 11.2. The summed E-state index contributed by atoms with van der Waals surface area (Å²) >= 11 is 0. The van der Waals surface area contributed by atoms with Gasteiger partial charge in [-0.25, -0.2) is 4.79 Å². The summed E-state index contributed by atoms with van der Waals surface area (Å²) in [6, 6.07) is 10.7. The van der Waals surface area contributed by atoms with Gasteiger partial charge in [0.2, 0.25) is 0 Å². The zero-order valence-electron chi connectivity index (χ0n) is 11.3. The maximum Gasteiger partial charge on any atom is 0.335 e. The molecule has 108 valence electrons. The van der Waals surface area contributed by atoms with E-state index in [1.54, 1.807) is 24.3 Å². The number of carbonyl (C=O) groups is 1. The van der Waals surface area contributed by atoms with Gasteiger partial charge in [-0.3, -0.25) is 10.1 Å². The molecule has 0 aliphatic carbocycles. The fraction of sp³-hybridized carbons (Fsp3) is 0.133. The summed E-state index contributed by atoms with van der Waals surface area (Å²) in [5, 5.41) is 20.1. The van der Waals surface area contributed by atoms with Crippen LogP contribution in [0.3, 0.4) is 0 Å². The smallest absolute Gasteiger partial charge is 0.335 e. The molecule has 0 aliphatic heterocycles. The van der Waals surface area contributed by atoms with Gasteiger partial charge >= 0.3 is 5.97 Å². The van der Waals surface area contributed by atoms with Gasteiger partial charge < -0.3 is 9.84 Å². The minimum absolute atomic E-state index is 0.119. The van der Waals surface area contributed by atoms with Crippen molar-refractivity contribution in [2.24, 2.45) is 0 Å². The Morgan fingerprint density at radius 3 is 2.67 bits per heavy atom. The van der Waals surface area contributed by atoms with Gasteiger partial charge in [-0.05, 0) is 36.8 Å². The molecule has 0 heterocycles. The first kappa shape index (κ1) is 14.5. The number of nitro groups is 1. The molecule has 0 aromatic heterocycles. The molecule has 0 radical (unpaired) electrons. The second kappa shape index (κ2) is 6.04. The van der Waals surface area contributed by atoms with Crippen LogP contribution in [-0.4, -0.2) is 22.6 Å². The number of benzene rings is 2. The van der Waals surface area contributed by atoms with E-state index in [9.17, 15) is 14.9 Å². The van der Waals surface area contributed by atoms with E-state index in [-0.39, 0.29) is 11.3 Å². The zero-order valence-corrected chi connectivity index (χ0v) is 11.3. The van der Waals surface area contributed by atoms with Crippen molar-refractivity contribution in [3.05, 3.63) is 58.1 Å². The highest BCUT2D eigenvalue weighted by Gasteiger charge is 2.18. The van der Waals surface area contributed by atoms with Gasteiger partial charge in [-0.15, -0.1) is 0 Å². The SMILES string of the molecule is CCOc1cccc(-c2ccc(C(=O)O)cc2[N+](=O)[O-])c1. The third-order valence-corrected chi connectivity index (χ3v) is 2.90. The number of carboxylic acids is 1. The molecule has 0 saturated heterocycles. The van der Waals surface area contributed by atoms with Crippen LogP contribution in [0.15, 0.2) is 42.5 Å². The van der Waals surface area contributed by atoms with Crippen molar-refractivity contribution in [3.8, 4) is 16.9 Å². The van der Waals surface area contributed by atoms with Crippen molar-refractivity contribution in [1.29, 1.82) is 0 Å². The van der Waals surface area contributed by atoms with Crippen LogP contribution in [0, 0.1) is 10.1 Å². The first-order valence-electron chi connectivity index (χ1n) is 6.28. The van der Waals surface area contributed by atoms with Crippen molar-refractivity contribution in [2.45, 2.75) is 6.92 Å². The number of rotatable bonds is 5. The number of hydrogen-bond donors (Lipinski definition) is 1. The molecule has 2 aromatic rings. The number of ether oxygens (including phenoxy) is 1. The van der Waals surface area contributed by atoms with Gasteiger partial charge in [0.1, 0.15) is 5.75 Å². The number of hydrogen-bond acceptors (Lipinski definition) is 4. The molecule has 2 aromatic carbocycles. The Morgan fingerprint density at radius 1 is 1.29 bits per heavy atom. The van der Waals surface area contributed by atoms with Crippen molar-refractivity contribution in [3.63, 3.8) is 0 Å². The summed E-state index contributed by atoms with van der Waals surface area (Å²) in [6.07, 6.45) is 0. The highest BCUT2D eigenvalue weighted by atomic mass is 16.6. The molecule has 0 bridgehead atoms. The van der Waals surface area contributed by atoms with Gasteiger partial charge in [0.05, 0.1) is 22.7 Å². The number of nitrogens with zero attached hydrogens (tertiary/aromatic N) is 1. The lowest BCUT2D eigenvalue weighted by Gasteiger charge is -2.07. The molecule has 6 nitrogen and oxygen atoms in total. The molecular formula is C15H13NO5. The summed E-state index contributed by atoms with van der Waals surface area (Å²) in [6.45, 7) is 2.33. The molecule has 0 atom stereocenters. The van der Waals surface area contributed by atoms with Crippen molar-refractivity contribution in [1.82, 2.24) is 0 Å². The van der Waals surface area contributed by atoms with Gasteiger partial charge in [0.25, 0.3) is 5.69 Å². The van der Waals surface area contributed by atoms with Gasteiger partial charge in [-0.1, -0.05) is 12.1 Å². The van der Waals surface area contributed by atoms with E-state index in [0.29, 0.717) is 23.5 Å². The van der Waals surface area contributed by atoms with Crippen LogP contribution in [0.5, 0.6) is 5.75 Å². The van der Waals surface area contributed by atoms with Crippen LogP contribution in [0.2, 0.25) is 0 Å². The zero-order chi connectivity index (χ0) is 15.4. The molecule has 21 heavy (non-hydrogen) atoms. The number of carboxylic acid groups (broad SMARTS) is 1. The second-order valence-corrected chi connectivity index (χ2v) is 4.26. The van der Waals surface area contributed by atoms with E-state index in [1.807, 2.05) is 6.92 Å². The fourth-order valence-corrected chi connectivity index (χ4v) is 1.98. The van der Waals surface area contributed by atoms with Gasteiger partial charge in [0.15, 0.2) is 0 Å². The Hall–Kier alpha value is -2.89. The summed E-state index contributed by atoms with van der Waals surface area (Å²) < 4.78 is 5.37. The maximum atomic E-state index is 11.2. The Balaban J connectivity index is 2.55. The minimum atomic E-state index is -1.20. The molecule has 0 unspecified atom stereocenters. The van der Waals surface area contributed by atoms with E-state index in [2.05, 4.69) is 0 Å². The number of aromatic carboxylic acids is 1. The third-order valence-electron chi connectivity index (χ3n) is 2.90. The van der Waals surface area contributed by atoms with E-state index in [1.165, 1.54) is 12.1 Å². The molecule has 0 spiro atoms.